The molecule has 0 aliphatic carbocycles. The number of hydrogen-bond donors (Lipinski definition) is 4. The maximum Gasteiger partial charge on any atom is 0.333 e. The summed E-state index contributed by atoms with van der Waals surface area (Å²) in [4.78, 5) is 18.5. The molecule has 64 valence electrons. The Hall–Kier alpha value is -0.750. The van der Waals surface area contributed by atoms with Gasteiger partial charge >= 0.3 is 11.9 Å². The fourth-order valence-electron chi connectivity index (χ4n) is 0.404. The van der Waals surface area contributed by atoms with E-state index in [1.54, 1.807) is 0 Å². The molecule has 0 fully saturated rings. The molecule has 6 heteroatoms. The predicted molar refractivity (Wildman–Crippen MR) is 40.4 cm³/mol. The van der Waals surface area contributed by atoms with Gasteiger partial charge < -0.3 is 15.9 Å². The van der Waals surface area contributed by atoms with Crippen LogP contribution in [-0.2, 0) is 9.59 Å². The van der Waals surface area contributed by atoms with Crippen LogP contribution in [0.4, 0.5) is 0 Å². The minimum atomic E-state index is -1.74. The van der Waals surface area contributed by atoms with Gasteiger partial charge in [-0.3, -0.25) is 4.79 Å². The Kier molecular flexibility index (Phi) is 3.34. The Morgan fingerprint density at radius 1 is 1.45 bits per heavy atom. The fourth-order valence-corrected chi connectivity index (χ4v) is 0.516. The van der Waals surface area contributed by atoms with E-state index in [4.69, 9.17) is 15.9 Å². The Morgan fingerprint density at radius 2 is 1.91 bits per heavy atom. The van der Waals surface area contributed by atoms with E-state index in [1.165, 1.54) is 0 Å². The predicted octanol–water partition coefficient (Wildman–Crippen LogP) is -0.479. The Balaban J connectivity index is 3.92. The fraction of sp³-hybridized carbons (Fsp3) is 0.600. The lowest BCUT2D eigenvalue weighted by Gasteiger charge is -2.15. The van der Waals surface area contributed by atoms with E-state index in [-0.39, 0.29) is 12.8 Å². The van der Waals surface area contributed by atoms with Crippen molar-refractivity contribution in [2.45, 2.75) is 17.7 Å². The number of carboxylic acids is 2. The lowest BCUT2D eigenvalue weighted by Crippen LogP contribution is -2.42. The highest BCUT2D eigenvalue weighted by Gasteiger charge is 2.29. The molecule has 0 spiro atoms. The molecule has 4 N–H and O–H groups in total. The van der Waals surface area contributed by atoms with Crippen molar-refractivity contribution in [2.75, 3.05) is 0 Å². The second kappa shape index (κ2) is 3.59. The van der Waals surface area contributed by atoms with Crippen molar-refractivity contribution >= 4 is 24.6 Å². The van der Waals surface area contributed by atoms with Crippen molar-refractivity contribution in [3.63, 3.8) is 0 Å². The van der Waals surface area contributed by atoms with Gasteiger partial charge in [0.05, 0.1) is 0 Å². The number of rotatable bonds is 4. The summed E-state index contributed by atoms with van der Waals surface area (Å²) in [5, 5.41) is 16.5. The zero-order valence-electron chi connectivity index (χ0n) is 5.65. The monoisotopic (exact) mass is 179 g/mol. The summed E-state index contributed by atoms with van der Waals surface area (Å²) < 4.78 is 0. The summed E-state index contributed by atoms with van der Waals surface area (Å²) in [7, 11) is 0. The molecule has 0 heterocycles. The van der Waals surface area contributed by atoms with Crippen LogP contribution in [-0.4, -0.2) is 27.0 Å². The molecule has 0 amide bonds. The topological polar surface area (TPSA) is 101 Å². The molecule has 0 aliphatic heterocycles. The number of carbonyl (C=O) groups is 2. The lowest BCUT2D eigenvalue weighted by atomic mass is 10.1. The molecule has 0 rings (SSSR count). The third kappa shape index (κ3) is 3.84. The summed E-state index contributed by atoms with van der Waals surface area (Å²) in [5.41, 5.74) is 5.11. The largest absolute Gasteiger partial charge is 0.481 e. The molecule has 0 aromatic rings. The quantitative estimate of drug-likeness (QED) is 0.345. The average Bonchev–Trinajstić information content (AvgIpc) is 1.84. The first-order valence-corrected chi connectivity index (χ1v) is 3.27. The van der Waals surface area contributed by atoms with Crippen molar-refractivity contribution in [1.29, 1.82) is 0 Å². The third-order valence-electron chi connectivity index (χ3n) is 1.09. The van der Waals surface area contributed by atoms with Crippen LogP contribution < -0.4 is 5.73 Å². The normalized spacial score (nSPS) is 15.5. The number of aliphatic carboxylic acids is 2. The molecule has 11 heavy (non-hydrogen) atoms. The zero-order valence-corrected chi connectivity index (χ0v) is 6.54. The van der Waals surface area contributed by atoms with E-state index in [1.807, 2.05) is 0 Å². The first-order valence-electron chi connectivity index (χ1n) is 2.82. The van der Waals surface area contributed by atoms with Crippen LogP contribution in [0.15, 0.2) is 0 Å². The molecule has 0 aromatic heterocycles. The summed E-state index contributed by atoms with van der Waals surface area (Å²) >= 11 is 3.57. The van der Waals surface area contributed by atoms with Gasteiger partial charge in [-0.15, -0.1) is 12.6 Å². The highest BCUT2D eigenvalue weighted by molar-refractivity contribution is 7.82. The Morgan fingerprint density at radius 3 is 2.18 bits per heavy atom. The van der Waals surface area contributed by atoms with Gasteiger partial charge in [0.2, 0.25) is 0 Å². The highest BCUT2D eigenvalue weighted by Crippen LogP contribution is 2.13. The van der Waals surface area contributed by atoms with Gasteiger partial charge in [-0.25, -0.2) is 4.79 Å². The van der Waals surface area contributed by atoms with Gasteiger partial charge in [-0.05, 0) is 6.42 Å². The van der Waals surface area contributed by atoms with Crippen molar-refractivity contribution < 1.29 is 19.8 Å². The second-order valence-corrected chi connectivity index (χ2v) is 2.92. The SMILES string of the molecule is NC(S)(CCC(=O)O)C(=O)O. The molecule has 0 aliphatic rings. The minimum absolute atomic E-state index is 0.194. The van der Waals surface area contributed by atoms with E-state index >= 15 is 0 Å². The maximum atomic E-state index is 10.2. The Bertz CT molecular complexity index is 179. The van der Waals surface area contributed by atoms with E-state index in [0.29, 0.717) is 0 Å². The number of hydrogen-bond acceptors (Lipinski definition) is 4. The smallest absolute Gasteiger partial charge is 0.333 e. The number of carboxylic acid groups (broad SMARTS) is 2. The third-order valence-corrected chi connectivity index (χ3v) is 1.51. The molecule has 0 bridgehead atoms. The standard InChI is InChI=1S/C5H9NO4S/c6-5(11,4(9)10)2-1-3(7)8/h11H,1-2,6H2,(H,7,8)(H,9,10). The number of nitrogens with two attached hydrogens (primary N) is 1. The first-order chi connectivity index (χ1) is 4.86. The summed E-state index contributed by atoms with van der Waals surface area (Å²) in [6.45, 7) is 0. The Labute approximate surface area is 68.6 Å². The van der Waals surface area contributed by atoms with Crippen LogP contribution in [0.1, 0.15) is 12.8 Å². The maximum absolute atomic E-state index is 10.2. The van der Waals surface area contributed by atoms with Crippen LogP contribution in [0.2, 0.25) is 0 Å². The van der Waals surface area contributed by atoms with Crippen molar-refractivity contribution in [2.24, 2.45) is 5.73 Å². The van der Waals surface area contributed by atoms with Crippen molar-refractivity contribution in [1.82, 2.24) is 0 Å². The van der Waals surface area contributed by atoms with Crippen LogP contribution in [0.3, 0.4) is 0 Å². The average molecular weight is 179 g/mol. The second-order valence-electron chi connectivity index (χ2n) is 2.12. The van der Waals surface area contributed by atoms with Gasteiger partial charge in [0, 0.05) is 6.42 Å². The van der Waals surface area contributed by atoms with E-state index < -0.39 is 16.8 Å². The van der Waals surface area contributed by atoms with Crippen LogP contribution in [0.5, 0.6) is 0 Å². The first kappa shape index (κ1) is 10.2. The van der Waals surface area contributed by atoms with Crippen LogP contribution in [0.25, 0.3) is 0 Å². The van der Waals surface area contributed by atoms with E-state index in [2.05, 4.69) is 12.6 Å². The van der Waals surface area contributed by atoms with E-state index in [9.17, 15) is 9.59 Å². The van der Waals surface area contributed by atoms with Gasteiger partial charge in [-0.2, -0.15) is 0 Å². The molecular formula is C5H9NO4S. The molecule has 1 unspecified atom stereocenters. The van der Waals surface area contributed by atoms with Crippen LogP contribution >= 0.6 is 12.6 Å². The molecule has 0 saturated carbocycles. The zero-order chi connectivity index (χ0) is 9.07. The summed E-state index contributed by atoms with van der Waals surface area (Å²) in [6, 6.07) is 0. The van der Waals surface area contributed by atoms with Gasteiger partial charge in [0.1, 0.15) is 0 Å². The molecule has 0 saturated heterocycles. The summed E-state index contributed by atoms with van der Waals surface area (Å²) in [5.74, 6) is -2.41. The number of thiol groups is 1. The van der Waals surface area contributed by atoms with Crippen molar-refractivity contribution in [3.05, 3.63) is 0 Å². The highest BCUT2D eigenvalue weighted by atomic mass is 32.1. The molecule has 1 atom stereocenters. The molecule has 0 radical (unpaired) electrons. The summed E-state index contributed by atoms with van der Waals surface area (Å²) in [6.07, 6.45) is -0.493. The van der Waals surface area contributed by atoms with E-state index in [0.717, 1.165) is 0 Å². The van der Waals surface area contributed by atoms with Crippen molar-refractivity contribution in [3.8, 4) is 0 Å². The van der Waals surface area contributed by atoms with Gasteiger partial charge in [-0.1, -0.05) is 0 Å². The lowest BCUT2D eigenvalue weighted by molar-refractivity contribution is -0.141. The minimum Gasteiger partial charge on any atom is -0.481 e. The molecule has 0 aromatic carbocycles. The molecule has 5 nitrogen and oxygen atoms in total. The van der Waals surface area contributed by atoms with Gasteiger partial charge in [0.15, 0.2) is 4.87 Å². The molecular weight excluding hydrogens is 170 g/mol. The van der Waals surface area contributed by atoms with Crippen LogP contribution in [0, 0.1) is 0 Å². The van der Waals surface area contributed by atoms with Gasteiger partial charge in [0.25, 0.3) is 0 Å².